The molecular weight excluding hydrogens is 497 g/mol. The predicted molar refractivity (Wildman–Crippen MR) is 133 cm³/mol. The number of rotatable bonds is 5. The second kappa shape index (κ2) is 8.63. The van der Waals surface area contributed by atoms with Crippen LogP contribution in [0.1, 0.15) is 38.4 Å². The van der Waals surface area contributed by atoms with Crippen LogP contribution in [-0.2, 0) is 16.1 Å². The molecule has 0 bridgehead atoms. The maximum absolute atomic E-state index is 12.9. The molecular formula is C26H23N3O4Se. The Bertz CT molecular complexity index is 1550. The predicted octanol–water partition coefficient (Wildman–Crippen LogP) is 3.66. The number of benzene rings is 2. The van der Waals surface area contributed by atoms with E-state index in [4.69, 9.17) is 4.74 Å². The number of anilines is 1. The van der Waals surface area contributed by atoms with Crippen LogP contribution in [0.2, 0.25) is 0 Å². The van der Waals surface area contributed by atoms with E-state index in [1.54, 1.807) is 9.64 Å². The minimum absolute atomic E-state index is 0.0140. The first-order valence-corrected chi connectivity index (χ1v) is 12.6. The van der Waals surface area contributed by atoms with E-state index in [-0.39, 0.29) is 32.8 Å². The van der Waals surface area contributed by atoms with Gasteiger partial charge in [-0.2, -0.15) is 0 Å². The Hall–Kier alpha value is -3.61. The summed E-state index contributed by atoms with van der Waals surface area (Å²) in [5.74, 6) is -0.613. The van der Waals surface area contributed by atoms with Gasteiger partial charge >= 0.3 is 178 Å². The average molecular weight is 520 g/mol. The molecule has 2 aromatic carbocycles. The van der Waals surface area contributed by atoms with E-state index in [0.717, 1.165) is 32.0 Å². The van der Waals surface area contributed by atoms with Gasteiger partial charge in [-0.15, -0.1) is 0 Å². The third kappa shape index (κ3) is 3.75. The van der Waals surface area contributed by atoms with Crippen LogP contribution < -0.4 is 10.9 Å². The molecule has 0 spiro atoms. The number of carbonyl (C=O) groups is 2. The fourth-order valence-electron chi connectivity index (χ4n) is 4.33. The second-order valence-electron chi connectivity index (χ2n) is 8.30. The molecule has 1 aliphatic heterocycles. The number of esters is 1. The summed E-state index contributed by atoms with van der Waals surface area (Å²) in [6, 6.07) is 13.4. The molecule has 7 nitrogen and oxygen atoms in total. The van der Waals surface area contributed by atoms with Crippen molar-refractivity contribution in [1.29, 1.82) is 0 Å². The Labute approximate surface area is 202 Å². The van der Waals surface area contributed by atoms with Crippen molar-refractivity contribution in [2.75, 3.05) is 11.9 Å². The molecule has 1 amide bonds. The summed E-state index contributed by atoms with van der Waals surface area (Å²) in [4.78, 5) is 41.2. The van der Waals surface area contributed by atoms with Crippen LogP contribution in [0.25, 0.3) is 21.3 Å². The van der Waals surface area contributed by atoms with E-state index < -0.39 is 5.97 Å². The molecule has 34 heavy (non-hydrogen) atoms. The quantitative estimate of drug-likeness (QED) is 0.239. The molecule has 0 saturated carbocycles. The van der Waals surface area contributed by atoms with E-state index in [1.165, 1.54) is 0 Å². The standard InChI is InChI=1S/C26H23N3O4Se/c1-14-7-6-9-17-19(24(30)28-23(14)17)13-20-15(2)22(16(3)27-20)26(32)33-12-11-29-25(31)18-8-4-5-10-21(18)34-29/h4-10,13,27H,11-12H2,1-3H3,(H,28,30)/b19-13-. The van der Waals surface area contributed by atoms with Gasteiger partial charge in [-0.25, -0.2) is 0 Å². The number of aromatic nitrogens is 2. The first kappa shape index (κ1) is 22.2. The third-order valence-corrected chi connectivity index (χ3v) is 8.45. The fraction of sp³-hybridized carbons (Fsp3) is 0.192. The Kier molecular flexibility index (Phi) is 5.63. The average Bonchev–Trinajstić information content (AvgIpc) is 3.41. The maximum atomic E-state index is 12.9. The van der Waals surface area contributed by atoms with Gasteiger partial charge in [0.25, 0.3) is 0 Å². The van der Waals surface area contributed by atoms with Crippen molar-refractivity contribution in [3.63, 3.8) is 0 Å². The topological polar surface area (TPSA) is 93.2 Å². The Morgan fingerprint density at radius 1 is 1.09 bits per heavy atom. The summed E-state index contributed by atoms with van der Waals surface area (Å²) in [6.45, 7) is 6.07. The molecule has 3 heterocycles. The number of amides is 1. The van der Waals surface area contributed by atoms with Crippen molar-refractivity contribution in [3.05, 3.63) is 86.5 Å². The molecule has 0 atom stereocenters. The van der Waals surface area contributed by atoms with Crippen LogP contribution in [0.15, 0.2) is 47.3 Å². The molecule has 0 fully saturated rings. The van der Waals surface area contributed by atoms with Gasteiger partial charge in [0.2, 0.25) is 0 Å². The Morgan fingerprint density at radius 3 is 2.68 bits per heavy atom. The van der Waals surface area contributed by atoms with Crippen molar-refractivity contribution in [1.82, 2.24) is 8.55 Å². The zero-order valence-electron chi connectivity index (χ0n) is 19.0. The molecule has 0 radical (unpaired) electrons. The van der Waals surface area contributed by atoms with Gasteiger partial charge in [0.1, 0.15) is 0 Å². The number of nitrogens with zero attached hydrogens (tertiary/aromatic N) is 1. The van der Waals surface area contributed by atoms with Crippen LogP contribution >= 0.6 is 0 Å². The van der Waals surface area contributed by atoms with E-state index in [2.05, 4.69) is 10.3 Å². The Morgan fingerprint density at radius 2 is 1.88 bits per heavy atom. The van der Waals surface area contributed by atoms with Gasteiger partial charge in [0.15, 0.2) is 0 Å². The fourth-order valence-corrected chi connectivity index (χ4v) is 6.38. The summed E-state index contributed by atoms with van der Waals surface area (Å²) < 4.78 is 8.33. The van der Waals surface area contributed by atoms with Gasteiger partial charge < -0.3 is 0 Å². The molecule has 2 N–H and O–H groups in total. The van der Waals surface area contributed by atoms with E-state index >= 15 is 0 Å². The van der Waals surface area contributed by atoms with E-state index in [1.807, 2.05) is 63.2 Å². The van der Waals surface area contributed by atoms with Crippen molar-refractivity contribution >= 4 is 53.6 Å². The Balaban J connectivity index is 1.35. The number of nitrogens with one attached hydrogen (secondary N) is 2. The number of para-hydroxylation sites is 1. The molecule has 0 unspecified atom stereocenters. The van der Waals surface area contributed by atoms with E-state index in [9.17, 15) is 14.4 Å². The van der Waals surface area contributed by atoms with Crippen molar-refractivity contribution < 1.29 is 14.3 Å². The zero-order chi connectivity index (χ0) is 24.0. The van der Waals surface area contributed by atoms with Crippen LogP contribution in [0.3, 0.4) is 0 Å². The van der Waals surface area contributed by atoms with Gasteiger partial charge in [0.05, 0.1) is 0 Å². The molecule has 2 aromatic heterocycles. The van der Waals surface area contributed by atoms with Crippen LogP contribution in [0.5, 0.6) is 0 Å². The first-order chi connectivity index (χ1) is 16.3. The molecule has 8 heteroatoms. The number of aromatic amines is 1. The second-order valence-corrected chi connectivity index (χ2v) is 10.5. The SMILES string of the molecule is Cc1cccc2c1NC(=O)/C2=C\c1[nH]c(C)c(C(=O)OCCn2[se]c3ccccc3c2=O)c1C. The summed E-state index contributed by atoms with van der Waals surface area (Å²) >= 11 is -0.101. The van der Waals surface area contributed by atoms with E-state index in [0.29, 0.717) is 29.1 Å². The summed E-state index contributed by atoms with van der Waals surface area (Å²) in [5, 5.41) is 3.65. The molecule has 4 aromatic rings. The first-order valence-electron chi connectivity index (χ1n) is 10.9. The van der Waals surface area contributed by atoms with Gasteiger partial charge in [0, 0.05) is 0 Å². The number of carbonyl (C=O) groups excluding carboxylic acids is 2. The summed E-state index contributed by atoms with van der Waals surface area (Å²) in [5.41, 5.74) is 5.74. The number of aryl methyl sites for hydroxylation is 2. The number of hydrogen-bond donors (Lipinski definition) is 2. The number of fused-ring (bicyclic) bond motifs is 2. The molecule has 1 aliphatic rings. The van der Waals surface area contributed by atoms with Crippen molar-refractivity contribution in [2.45, 2.75) is 27.3 Å². The zero-order valence-corrected chi connectivity index (χ0v) is 20.7. The third-order valence-electron chi connectivity index (χ3n) is 6.10. The van der Waals surface area contributed by atoms with Gasteiger partial charge in [-0.1, -0.05) is 12.1 Å². The van der Waals surface area contributed by atoms with Crippen LogP contribution in [0.4, 0.5) is 5.69 Å². The van der Waals surface area contributed by atoms with Crippen LogP contribution in [0, 0.1) is 20.8 Å². The van der Waals surface area contributed by atoms with Gasteiger partial charge in [-0.05, 0) is 12.5 Å². The molecule has 0 saturated heterocycles. The summed E-state index contributed by atoms with van der Waals surface area (Å²) in [6.07, 6.45) is 1.78. The normalized spacial score (nSPS) is 14.0. The number of H-pyrrole nitrogens is 1. The van der Waals surface area contributed by atoms with Crippen molar-refractivity contribution in [3.8, 4) is 0 Å². The van der Waals surface area contributed by atoms with Crippen molar-refractivity contribution in [2.24, 2.45) is 0 Å². The monoisotopic (exact) mass is 521 g/mol. The molecule has 172 valence electrons. The molecule has 0 aliphatic carbocycles. The number of hydrogen-bond acceptors (Lipinski definition) is 4. The van der Waals surface area contributed by atoms with Crippen LogP contribution in [-0.4, -0.2) is 41.8 Å². The van der Waals surface area contributed by atoms with Gasteiger partial charge in [-0.3, -0.25) is 0 Å². The number of ether oxygens (including phenoxy) is 1. The summed E-state index contributed by atoms with van der Waals surface area (Å²) in [7, 11) is 0. The molecule has 5 rings (SSSR count). The minimum atomic E-state index is -0.445.